The number of ether oxygens (including phenoxy) is 2. The van der Waals surface area contributed by atoms with Gasteiger partial charge in [0.1, 0.15) is 30.2 Å². The van der Waals surface area contributed by atoms with Crippen LogP contribution in [0.3, 0.4) is 0 Å². The largest absolute Gasteiger partial charge is 0.497 e. The minimum absolute atomic E-state index is 0.0341. The number of hydrogen-bond donors (Lipinski definition) is 4. The average molecular weight is 300 g/mol. The first kappa shape index (κ1) is 17.5. The molecule has 7 heteroatoms. The number of rotatable bonds is 9. The second-order valence-electron chi connectivity index (χ2n) is 4.49. The quantitative estimate of drug-likeness (QED) is 0.426. The molecule has 4 atom stereocenters. The predicted molar refractivity (Wildman–Crippen MR) is 72.7 cm³/mol. The number of carbonyl (C=O) groups excluding carboxylic acids is 1. The van der Waals surface area contributed by atoms with Gasteiger partial charge in [-0.05, 0) is 17.7 Å². The molecular formula is C14H20O7. The number of carbonyl (C=O) groups is 1. The highest BCUT2D eigenvalue weighted by Gasteiger charge is 2.31. The maximum Gasteiger partial charge on any atom is 0.151 e. The van der Waals surface area contributed by atoms with E-state index in [1.807, 2.05) is 0 Å². The van der Waals surface area contributed by atoms with Crippen LogP contribution in [0.2, 0.25) is 0 Å². The summed E-state index contributed by atoms with van der Waals surface area (Å²) in [5.74, 6) is 0.673. The smallest absolute Gasteiger partial charge is 0.151 e. The van der Waals surface area contributed by atoms with Crippen molar-refractivity contribution in [3.05, 3.63) is 29.8 Å². The van der Waals surface area contributed by atoms with Crippen molar-refractivity contribution in [1.29, 1.82) is 0 Å². The van der Waals surface area contributed by atoms with Gasteiger partial charge in [0.15, 0.2) is 6.29 Å². The molecule has 0 saturated heterocycles. The zero-order valence-electron chi connectivity index (χ0n) is 11.6. The van der Waals surface area contributed by atoms with E-state index in [0.717, 1.165) is 5.56 Å². The Labute approximate surface area is 122 Å². The second-order valence-corrected chi connectivity index (χ2v) is 4.49. The van der Waals surface area contributed by atoms with E-state index in [9.17, 15) is 20.1 Å². The van der Waals surface area contributed by atoms with Crippen LogP contribution in [-0.2, 0) is 16.1 Å². The lowest BCUT2D eigenvalue weighted by molar-refractivity contribution is -0.147. The zero-order chi connectivity index (χ0) is 15.8. The molecule has 1 aromatic rings. The molecule has 0 bridgehead atoms. The molecule has 1 rings (SSSR count). The number of methoxy groups -OCH3 is 1. The Balaban J connectivity index is 2.58. The van der Waals surface area contributed by atoms with E-state index in [2.05, 4.69) is 0 Å². The number of aliphatic hydroxyl groups is 4. The van der Waals surface area contributed by atoms with Gasteiger partial charge in [-0.25, -0.2) is 0 Å². The van der Waals surface area contributed by atoms with E-state index in [1.165, 1.54) is 7.11 Å². The molecule has 0 aromatic heterocycles. The highest BCUT2D eigenvalue weighted by Crippen LogP contribution is 2.14. The van der Waals surface area contributed by atoms with Gasteiger partial charge in [-0.15, -0.1) is 0 Å². The molecule has 0 amide bonds. The summed E-state index contributed by atoms with van der Waals surface area (Å²) in [6.45, 7) is -0.700. The molecule has 0 spiro atoms. The summed E-state index contributed by atoms with van der Waals surface area (Å²) < 4.78 is 10.2. The minimum atomic E-state index is -1.68. The van der Waals surface area contributed by atoms with Crippen molar-refractivity contribution in [1.82, 2.24) is 0 Å². The van der Waals surface area contributed by atoms with Gasteiger partial charge in [-0.1, -0.05) is 12.1 Å². The molecule has 1 aromatic carbocycles. The van der Waals surface area contributed by atoms with Crippen molar-refractivity contribution in [3.63, 3.8) is 0 Å². The van der Waals surface area contributed by atoms with Crippen molar-refractivity contribution in [2.24, 2.45) is 0 Å². The molecule has 118 valence electrons. The molecule has 0 radical (unpaired) electrons. The standard InChI is InChI=1S/C14H20O7/c1-20-10-4-2-9(3-5-10)8-21-12(7-16)14(19)13(18)11(17)6-15/h2-5,7,11-15,17-19H,6,8H2,1H3/t11-,12+,13-,14-/m1/s1. The van der Waals surface area contributed by atoms with E-state index in [-0.39, 0.29) is 6.61 Å². The van der Waals surface area contributed by atoms with Gasteiger partial charge in [-0.2, -0.15) is 0 Å². The van der Waals surface area contributed by atoms with Crippen molar-refractivity contribution >= 4 is 6.29 Å². The molecule has 4 N–H and O–H groups in total. The Bertz CT molecular complexity index is 420. The number of hydrogen-bond acceptors (Lipinski definition) is 7. The Morgan fingerprint density at radius 1 is 1.14 bits per heavy atom. The lowest BCUT2D eigenvalue weighted by Gasteiger charge is -2.25. The molecule has 0 unspecified atom stereocenters. The maximum absolute atomic E-state index is 10.9. The van der Waals surface area contributed by atoms with Crippen LogP contribution < -0.4 is 4.74 Å². The first-order valence-electron chi connectivity index (χ1n) is 6.38. The molecule has 0 aliphatic rings. The molecule has 0 aliphatic heterocycles. The van der Waals surface area contributed by atoms with Gasteiger partial charge < -0.3 is 34.7 Å². The highest BCUT2D eigenvalue weighted by molar-refractivity contribution is 5.57. The average Bonchev–Trinajstić information content (AvgIpc) is 2.54. The highest BCUT2D eigenvalue weighted by atomic mass is 16.5. The third-order valence-corrected chi connectivity index (χ3v) is 3.00. The minimum Gasteiger partial charge on any atom is -0.497 e. The third kappa shape index (κ3) is 5.07. The second kappa shape index (κ2) is 8.71. The molecule has 0 aliphatic carbocycles. The summed E-state index contributed by atoms with van der Waals surface area (Å²) in [5.41, 5.74) is 0.743. The zero-order valence-corrected chi connectivity index (χ0v) is 11.6. The van der Waals surface area contributed by atoms with Crippen molar-refractivity contribution in [2.75, 3.05) is 13.7 Å². The molecular weight excluding hydrogens is 280 g/mol. The van der Waals surface area contributed by atoms with Crippen LogP contribution in [-0.4, -0.2) is 64.8 Å². The lowest BCUT2D eigenvalue weighted by atomic mass is 10.0. The van der Waals surface area contributed by atoms with Crippen LogP contribution >= 0.6 is 0 Å². The Kier molecular flexibility index (Phi) is 7.27. The fraction of sp³-hybridized carbons (Fsp3) is 0.500. The summed E-state index contributed by atoms with van der Waals surface area (Å²) in [4.78, 5) is 10.9. The van der Waals surface area contributed by atoms with Crippen molar-refractivity contribution in [3.8, 4) is 5.75 Å². The molecule has 7 nitrogen and oxygen atoms in total. The van der Waals surface area contributed by atoms with Gasteiger partial charge >= 0.3 is 0 Å². The van der Waals surface area contributed by atoms with E-state index in [0.29, 0.717) is 12.0 Å². The van der Waals surface area contributed by atoms with Gasteiger partial charge in [-0.3, -0.25) is 0 Å². The fourth-order valence-electron chi connectivity index (χ4n) is 1.66. The summed E-state index contributed by atoms with van der Waals surface area (Å²) >= 11 is 0. The predicted octanol–water partition coefficient (Wildman–Crippen LogP) is -1.15. The van der Waals surface area contributed by atoms with Gasteiger partial charge in [0, 0.05) is 0 Å². The van der Waals surface area contributed by atoms with E-state index in [1.54, 1.807) is 24.3 Å². The summed E-state index contributed by atoms with van der Waals surface area (Å²) in [6, 6.07) is 6.89. The topological polar surface area (TPSA) is 116 Å². The SMILES string of the molecule is COc1ccc(CO[C@@H](C=O)[C@@H](O)[C@H](O)[C@H](O)CO)cc1. The number of benzene rings is 1. The lowest BCUT2D eigenvalue weighted by Crippen LogP contribution is -2.47. The maximum atomic E-state index is 10.9. The number of aliphatic hydroxyl groups excluding tert-OH is 4. The van der Waals surface area contributed by atoms with Crippen LogP contribution in [0.25, 0.3) is 0 Å². The van der Waals surface area contributed by atoms with E-state index in [4.69, 9.17) is 14.6 Å². The number of aldehydes is 1. The third-order valence-electron chi connectivity index (χ3n) is 3.00. The Morgan fingerprint density at radius 2 is 1.76 bits per heavy atom. The first-order valence-corrected chi connectivity index (χ1v) is 6.38. The van der Waals surface area contributed by atoms with Crippen LogP contribution in [0, 0.1) is 0 Å². The first-order chi connectivity index (χ1) is 10.0. The van der Waals surface area contributed by atoms with Gasteiger partial charge in [0.25, 0.3) is 0 Å². The van der Waals surface area contributed by atoms with Crippen LogP contribution in [0.5, 0.6) is 5.75 Å². The monoisotopic (exact) mass is 300 g/mol. The summed E-state index contributed by atoms with van der Waals surface area (Å²) in [7, 11) is 1.54. The normalized spacial score (nSPS) is 16.8. The molecule has 21 heavy (non-hydrogen) atoms. The van der Waals surface area contributed by atoms with Crippen molar-refractivity contribution < 1.29 is 34.7 Å². The van der Waals surface area contributed by atoms with Gasteiger partial charge in [0.05, 0.1) is 20.3 Å². The van der Waals surface area contributed by atoms with E-state index < -0.39 is 31.0 Å². The van der Waals surface area contributed by atoms with E-state index >= 15 is 0 Å². The molecule has 0 saturated carbocycles. The van der Waals surface area contributed by atoms with Crippen LogP contribution in [0.15, 0.2) is 24.3 Å². The Hall–Kier alpha value is -1.51. The molecule has 0 heterocycles. The van der Waals surface area contributed by atoms with Crippen LogP contribution in [0.1, 0.15) is 5.56 Å². The fourth-order valence-corrected chi connectivity index (χ4v) is 1.66. The Morgan fingerprint density at radius 3 is 2.24 bits per heavy atom. The molecule has 0 fully saturated rings. The van der Waals surface area contributed by atoms with Crippen molar-refractivity contribution in [2.45, 2.75) is 31.0 Å². The van der Waals surface area contributed by atoms with Gasteiger partial charge in [0.2, 0.25) is 0 Å². The van der Waals surface area contributed by atoms with Crippen LogP contribution in [0.4, 0.5) is 0 Å². The summed E-state index contributed by atoms with van der Waals surface area (Å²) in [6.07, 6.45) is -5.85. The summed E-state index contributed by atoms with van der Waals surface area (Å²) in [5, 5.41) is 37.2.